The van der Waals surface area contributed by atoms with E-state index in [1.165, 1.54) is 0 Å². The molecule has 0 radical (unpaired) electrons. The predicted octanol–water partition coefficient (Wildman–Crippen LogP) is 6.07. The van der Waals surface area contributed by atoms with Crippen LogP contribution in [0.2, 0.25) is 10.0 Å². The minimum Gasteiger partial charge on any atom is -0.393 e. The summed E-state index contributed by atoms with van der Waals surface area (Å²) in [5, 5.41) is 14.5. The Morgan fingerprint density at radius 1 is 1.02 bits per heavy atom. The van der Waals surface area contributed by atoms with Gasteiger partial charge in [0, 0.05) is 46.8 Å². The largest absolute Gasteiger partial charge is 0.393 e. The topological polar surface area (TPSA) is 122 Å². The van der Waals surface area contributed by atoms with Crippen molar-refractivity contribution in [3.8, 4) is 11.3 Å². The molecule has 9 nitrogen and oxygen atoms in total. The van der Waals surface area contributed by atoms with Crippen molar-refractivity contribution in [2.75, 3.05) is 11.4 Å². The van der Waals surface area contributed by atoms with Crippen LogP contribution in [0.4, 0.5) is 5.69 Å². The number of fused-ring (bicyclic) bond motifs is 2. The van der Waals surface area contributed by atoms with Crippen LogP contribution in [0.1, 0.15) is 79.0 Å². The van der Waals surface area contributed by atoms with Gasteiger partial charge in [0.15, 0.2) is 0 Å². The molecule has 0 spiro atoms. The summed E-state index contributed by atoms with van der Waals surface area (Å²) in [5.74, 6) is 0.961. The van der Waals surface area contributed by atoms with Crippen molar-refractivity contribution in [3.05, 3.63) is 69.4 Å². The van der Waals surface area contributed by atoms with Crippen molar-refractivity contribution in [2.24, 2.45) is 5.92 Å². The Bertz CT molecular complexity index is 1630. The number of carbonyl (C=O) groups excluding carboxylic acids is 1. The highest BCUT2D eigenvalue weighted by Gasteiger charge is 2.46. The maximum atomic E-state index is 12.8. The first-order valence-corrected chi connectivity index (χ1v) is 17.6. The number of aliphatic hydroxyl groups excluding tert-OH is 1. The lowest BCUT2D eigenvalue weighted by atomic mass is 9.97. The number of halogens is 2. The van der Waals surface area contributed by atoms with E-state index in [0.29, 0.717) is 77.0 Å². The van der Waals surface area contributed by atoms with Gasteiger partial charge in [0.25, 0.3) is 5.91 Å². The molecule has 2 bridgehead atoms. The maximum Gasteiger partial charge on any atom is 0.264 e. The van der Waals surface area contributed by atoms with Crippen LogP contribution in [0, 0.1) is 5.92 Å². The highest BCUT2D eigenvalue weighted by molar-refractivity contribution is 7.90. The molecule has 4 aliphatic rings. The van der Waals surface area contributed by atoms with Crippen LogP contribution < -0.4 is 9.62 Å². The van der Waals surface area contributed by atoms with E-state index in [-0.39, 0.29) is 6.10 Å². The fraction of sp³-hybridized carbons (Fsp3) is 0.500. The lowest BCUT2D eigenvalue weighted by Crippen LogP contribution is -2.40. The summed E-state index contributed by atoms with van der Waals surface area (Å²) in [4.78, 5) is 15.1. The van der Waals surface area contributed by atoms with E-state index in [4.69, 9.17) is 32.5 Å². The van der Waals surface area contributed by atoms with Gasteiger partial charge in [0.2, 0.25) is 10.0 Å². The van der Waals surface area contributed by atoms with E-state index in [0.717, 1.165) is 49.2 Å². The number of aliphatic hydroxyl groups is 1. The summed E-state index contributed by atoms with van der Waals surface area (Å²) in [6.45, 7) is 1.22. The number of piperidine rings is 1. The fourth-order valence-electron chi connectivity index (χ4n) is 7.10. The Morgan fingerprint density at radius 2 is 1.73 bits per heavy atom. The van der Waals surface area contributed by atoms with E-state index >= 15 is 0 Å². The van der Waals surface area contributed by atoms with E-state index in [2.05, 4.69) is 14.8 Å². The molecule has 1 aromatic heterocycles. The second-order valence-electron chi connectivity index (χ2n) is 12.6. The molecule has 3 saturated carbocycles. The van der Waals surface area contributed by atoms with Crippen molar-refractivity contribution in [2.45, 2.75) is 87.4 Å². The van der Waals surface area contributed by atoms with E-state index < -0.39 is 27.3 Å². The monoisotopic (exact) mass is 659 g/mol. The summed E-state index contributed by atoms with van der Waals surface area (Å²) in [7, 11) is -3.80. The van der Waals surface area contributed by atoms with Gasteiger partial charge in [-0.05, 0) is 87.8 Å². The minimum absolute atomic E-state index is 0.101. The molecule has 2 aromatic carbocycles. The second kappa shape index (κ2) is 11.9. The molecule has 3 aliphatic carbocycles. The maximum absolute atomic E-state index is 12.8. The number of ether oxygens (including phenoxy) is 1. The van der Waals surface area contributed by atoms with Gasteiger partial charge in [0.1, 0.15) is 11.5 Å². The Morgan fingerprint density at radius 3 is 2.36 bits per heavy atom. The standard InChI is InChI=1S/C32H35Cl2N3O6S/c33-26-2-1-3-27(34)29(26)30-25(31(43-35-30)18-4-5-18)17-42-28-15-22-14-20(28)16-37(22)21-8-6-19(7-9-21)32(39)36-44(40,41)24-12-10-23(38)11-13-24/h1-3,6-9,18,20,22-24,28,38H,4-5,10-17H2,(H,36,39)/t20-,22-,23-,24+,28+/m0/s1. The zero-order chi connectivity index (χ0) is 30.6. The van der Waals surface area contributed by atoms with Crippen LogP contribution >= 0.6 is 23.2 Å². The molecule has 7 rings (SSSR count). The third kappa shape index (κ3) is 5.87. The normalized spacial score (nSPS) is 26.7. The number of nitrogens with one attached hydrogen (secondary N) is 1. The molecule has 2 heterocycles. The molecular formula is C32H35Cl2N3O6S. The molecule has 3 aromatic rings. The number of hydrogen-bond donors (Lipinski definition) is 2. The first-order valence-electron chi connectivity index (χ1n) is 15.3. The predicted molar refractivity (Wildman–Crippen MR) is 167 cm³/mol. The second-order valence-corrected chi connectivity index (χ2v) is 15.4. The number of nitrogens with zero attached hydrogens (tertiary/aromatic N) is 2. The number of amides is 1. The lowest BCUT2D eigenvalue weighted by Gasteiger charge is -2.33. The van der Waals surface area contributed by atoms with Gasteiger partial charge >= 0.3 is 0 Å². The summed E-state index contributed by atoms with van der Waals surface area (Å²) >= 11 is 13.0. The number of benzene rings is 2. The summed E-state index contributed by atoms with van der Waals surface area (Å²) in [5.41, 5.74) is 3.56. The number of rotatable bonds is 9. The van der Waals surface area contributed by atoms with Gasteiger partial charge in [-0.25, -0.2) is 13.1 Å². The zero-order valence-corrected chi connectivity index (χ0v) is 26.5. The molecule has 0 unspecified atom stereocenters. The molecule has 3 atom stereocenters. The highest BCUT2D eigenvalue weighted by atomic mass is 35.5. The van der Waals surface area contributed by atoms with Gasteiger partial charge in [-0.3, -0.25) is 4.79 Å². The quantitative estimate of drug-likeness (QED) is 0.284. The van der Waals surface area contributed by atoms with Crippen LogP contribution in [0.3, 0.4) is 0 Å². The highest BCUT2D eigenvalue weighted by Crippen LogP contribution is 2.47. The summed E-state index contributed by atoms with van der Waals surface area (Å²) < 4.78 is 40.0. The molecular weight excluding hydrogens is 625 g/mol. The Balaban J connectivity index is 0.977. The van der Waals surface area contributed by atoms with E-state index in [1.807, 2.05) is 18.2 Å². The fourth-order valence-corrected chi connectivity index (χ4v) is 9.11. The number of hydrogen-bond acceptors (Lipinski definition) is 8. The summed E-state index contributed by atoms with van der Waals surface area (Å²) in [6.07, 6.45) is 5.24. The van der Waals surface area contributed by atoms with E-state index in [9.17, 15) is 18.3 Å². The molecule has 1 aliphatic heterocycles. The van der Waals surface area contributed by atoms with Crippen LogP contribution in [0.5, 0.6) is 0 Å². The molecule has 44 heavy (non-hydrogen) atoms. The van der Waals surface area contributed by atoms with Crippen LogP contribution in [-0.2, 0) is 21.4 Å². The third-order valence-electron chi connectivity index (χ3n) is 9.66. The molecule has 12 heteroatoms. The third-order valence-corrected chi connectivity index (χ3v) is 12.1. The molecule has 4 fully saturated rings. The average Bonchev–Trinajstić information content (AvgIpc) is 3.45. The van der Waals surface area contributed by atoms with E-state index in [1.54, 1.807) is 24.3 Å². The summed E-state index contributed by atoms with van der Waals surface area (Å²) in [6, 6.07) is 12.8. The lowest BCUT2D eigenvalue weighted by molar-refractivity contribution is 0.0122. The number of sulfonamides is 1. The van der Waals surface area contributed by atoms with Crippen molar-refractivity contribution in [1.29, 1.82) is 0 Å². The van der Waals surface area contributed by atoms with Crippen LogP contribution in [-0.4, -0.2) is 54.6 Å². The average molecular weight is 661 g/mol. The minimum atomic E-state index is -3.80. The van der Waals surface area contributed by atoms with Crippen LogP contribution in [0.25, 0.3) is 11.3 Å². The Labute approximate surface area is 266 Å². The molecule has 234 valence electrons. The van der Waals surface area contributed by atoms with Gasteiger partial charge in [-0.1, -0.05) is 34.4 Å². The van der Waals surface area contributed by atoms with Gasteiger partial charge in [-0.15, -0.1) is 0 Å². The number of anilines is 1. The van der Waals surface area contributed by atoms with Gasteiger partial charge in [0.05, 0.1) is 34.1 Å². The van der Waals surface area contributed by atoms with Crippen molar-refractivity contribution < 1.29 is 27.6 Å². The SMILES string of the molecule is O=C(NS(=O)(=O)[C@H]1CC[C@@H](O)CC1)c1ccc(N2C[C@@H]3C[C@H]2C[C@H]3OCc2c(-c3c(Cl)cccc3Cl)noc2C2CC2)cc1. The van der Waals surface area contributed by atoms with Crippen molar-refractivity contribution in [3.63, 3.8) is 0 Å². The molecule has 2 N–H and O–H groups in total. The van der Waals surface area contributed by atoms with Crippen LogP contribution in [0.15, 0.2) is 47.0 Å². The molecule has 1 saturated heterocycles. The van der Waals surface area contributed by atoms with Gasteiger partial charge < -0.3 is 19.3 Å². The Kier molecular flexibility index (Phi) is 8.16. The number of carbonyl (C=O) groups is 1. The Hall–Kier alpha value is -2.63. The smallest absolute Gasteiger partial charge is 0.264 e. The first kappa shape index (κ1) is 30.0. The van der Waals surface area contributed by atoms with Crippen molar-refractivity contribution >= 4 is 44.8 Å². The van der Waals surface area contributed by atoms with Crippen molar-refractivity contribution in [1.82, 2.24) is 9.88 Å². The molecule has 1 amide bonds. The zero-order valence-electron chi connectivity index (χ0n) is 24.1. The first-order chi connectivity index (χ1) is 21.2. The number of aromatic nitrogens is 1. The van der Waals surface area contributed by atoms with Gasteiger partial charge in [-0.2, -0.15) is 0 Å².